The van der Waals surface area contributed by atoms with E-state index in [4.69, 9.17) is 0 Å². The van der Waals surface area contributed by atoms with Crippen molar-refractivity contribution in [2.45, 2.75) is 17.9 Å². The second-order valence-corrected chi connectivity index (χ2v) is 8.58. The molecule has 1 unspecified atom stereocenters. The molecule has 0 amide bonds. The molecule has 0 aliphatic rings. The van der Waals surface area contributed by atoms with E-state index in [-0.39, 0.29) is 4.90 Å². The molecule has 152 valence electrons. The van der Waals surface area contributed by atoms with E-state index in [0.717, 1.165) is 11.1 Å². The van der Waals surface area contributed by atoms with Gasteiger partial charge in [-0.15, -0.1) is 0 Å². The van der Waals surface area contributed by atoms with Gasteiger partial charge in [-0.3, -0.25) is 0 Å². The molecule has 1 heterocycles. The molecule has 0 aliphatic carbocycles. The zero-order valence-electron chi connectivity index (χ0n) is 16.4. The molecule has 0 saturated carbocycles. The Morgan fingerprint density at radius 1 is 1.07 bits per heavy atom. The van der Waals surface area contributed by atoms with Crippen molar-refractivity contribution in [3.05, 3.63) is 72.6 Å². The highest BCUT2D eigenvalue weighted by atomic mass is 32.2. The summed E-state index contributed by atoms with van der Waals surface area (Å²) in [6, 6.07) is 17.7. The molecule has 0 radical (unpaired) electrons. The van der Waals surface area contributed by atoms with E-state index in [9.17, 15) is 13.5 Å². The molecule has 1 atom stereocenters. The van der Waals surface area contributed by atoms with Gasteiger partial charge < -0.3 is 10.4 Å². The SMILES string of the molecule is CCN(C)S(=O)(=O)c1ccc(-c2cc(NCC(O)c3ccccc3)ncn2)cc1. The summed E-state index contributed by atoms with van der Waals surface area (Å²) in [6.07, 6.45) is 0.775. The Hall–Kier alpha value is -2.81. The van der Waals surface area contributed by atoms with Crippen LogP contribution < -0.4 is 5.32 Å². The molecule has 3 aromatic rings. The maximum absolute atomic E-state index is 12.4. The molecule has 0 fully saturated rings. The third kappa shape index (κ3) is 4.97. The summed E-state index contributed by atoms with van der Waals surface area (Å²) >= 11 is 0. The summed E-state index contributed by atoms with van der Waals surface area (Å²) in [5.41, 5.74) is 2.25. The first kappa shape index (κ1) is 20.9. The van der Waals surface area contributed by atoms with E-state index < -0.39 is 16.1 Å². The van der Waals surface area contributed by atoms with Crippen LogP contribution in [0.1, 0.15) is 18.6 Å². The molecule has 1 aromatic heterocycles. The van der Waals surface area contributed by atoms with Gasteiger partial charge in [0.15, 0.2) is 0 Å². The lowest BCUT2D eigenvalue weighted by Crippen LogP contribution is -2.26. The van der Waals surface area contributed by atoms with Gasteiger partial charge in [0.25, 0.3) is 0 Å². The van der Waals surface area contributed by atoms with Crippen LogP contribution in [0.2, 0.25) is 0 Å². The molecular formula is C21H24N4O3S. The molecule has 0 spiro atoms. The Labute approximate surface area is 171 Å². The summed E-state index contributed by atoms with van der Waals surface area (Å²) < 4.78 is 26.1. The van der Waals surface area contributed by atoms with E-state index in [2.05, 4.69) is 15.3 Å². The zero-order chi connectivity index (χ0) is 20.9. The third-order valence-corrected chi connectivity index (χ3v) is 6.58. The Kier molecular flexibility index (Phi) is 6.58. The smallest absolute Gasteiger partial charge is 0.242 e. The van der Waals surface area contributed by atoms with Gasteiger partial charge in [-0.25, -0.2) is 22.7 Å². The number of benzene rings is 2. The van der Waals surface area contributed by atoms with Crippen LogP contribution in [-0.4, -0.2) is 47.9 Å². The van der Waals surface area contributed by atoms with Gasteiger partial charge in [-0.2, -0.15) is 0 Å². The van der Waals surface area contributed by atoms with Crippen LogP contribution in [0.4, 0.5) is 5.82 Å². The summed E-state index contributed by atoms with van der Waals surface area (Å²) in [5, 5.41) is 13.4. The number of sulfonamides is 1. The summed E-state index contributed by atoms with van der Waals surface area (Å²) in [6.45, 7) is 2.50. The number of hydrogen-bond donors (Lipinski definition) is 2. The van der Waals surface area contributed by atoms with Gasteiger partial charge in [0, 0.05) is 31.8 Å². The zero-order valence-corrected chi connectivity index (χ0v) is 17.2. The average molecular weight is 413 g/mol. The molecular weight excluding hydrogens is 388 g/mol. The van der Waals surface area contributed by atoms with Crippen LogP contribution in [-0.2, 0) is 10.0 Å². The molecule has 7 nitrogen and oxygen atoms in total. The fraction of sp³-hybridized carbons (Fsp3) is 0.238. The predicted molar refractivity (Wildman–Crippen MR) is 113 cm³/mol. The molecule has 8 heteroatoms. The van der Waals surface area contributed by atoms with Crippen LogP contribution in [0.5, 0.6) is 0 Å². The summed E-state index contributed by atoms with van der Waals surface area (Å²) in [4.78, 5) is 8.69. The van der Waals surface area contributed by atoms with Crippen molar-refractivity contribution < 1.29 is 13.5 Å². The first-order valence-corrected chi connectivity index (χ1v) is 10.7. The van der Waals surface area contributed by atoms with E-state index in [0.29, 0.717) is 24.6 Å². The number of rotatable bonds is 8. The van der Waals surface area contributed by atoms with Gasteiger partial charge in [-0.05, 0) is 17.7 Å². The normalized spacial score (nSPS) is 12.7. The Morgan fingerprint density at radius 2 is 1.76 bits per heavy atom. The van der Waals surface area contributed by atoms with Crippen LogP contribution >= 0.6 is 0 Å². The maximum atomic E-state index is 12.4. The van der Waals surface area contributed by atoms with Gasteiger partial charge in [0.05, 0.1) is 16.7 Å². The average Bonchev–Trinajstić information content (AvgIpc) is 2.77. The number of nitrogens with one attached hydrogen (secondary N) is 1. The first-order chi connectivity index (χ1) is 13.9. The lowest BCUT2D eigenvalue weighted by Gasteiger charge is -2.15. The number of anilines is 1. The number of aliphatic hydroxyl groups is 1. The fourth-order valence-corrected chi connectivity index (χ4v) is 3.93. The van der Waals surface area contributed by atoms with E-state index in [1.807, 2.05) is 30.3 Å². The van der Waals surface area contributed by atoms with Crippen LogP contribution in [0.25, 0.3) is 11.3 Å². The molecule has 0 aliphatic heterocycles. The molecule has 2 N–H and O–H groups in total. The highest BCUT2D eigenvalue weighted by molar-refractivity contribution is 7.89. The van der Waals surface area contributed by atoms with Gasteiger partial charge in [-0.1, -0.05) is 49.4 Å². The number of aromatic nitrogens is 2. The number of hydrogen-bond acceptors (Lipinski definition) is 6. The quantitative estimate of drug-likeness (QED) is 0.591. The second-order valence-electron chi connectivity index (χ2n) is 6.54. The highest BCUT2D eigenvalue weighted by Crippen LogP contribution is 2.23. The molecule has 0 saturated heterocycles. The van der Waals surface area contributed by atoms with Gasteiger partial charge >= 0.3 is 0 Å². The lowest BCUT2D eigenvalue weighted by atomic mass is 10.1. The van der Waals surface area contributed by atoms with Crippen molar-refractivity contribution in [1.82, 2.24) is 14.3 Å². The van der Waals surface area contributed by atoms with Crippen molar-refractivity contribution in [2.75, 3.05) is 25.5 Å². The van der Waals surface area contributed by atoms with E-state index >= 15 is 0 Å². The van der Waals surface area contributed by atoms with Crippen molar-refractivity contribution in [2.24, 2.45) is 0 Å². The molecule has 2 aromatic carbocycles. The number of nitrogens with zero attached hydrogens (tertiary/aromatic N) is 3. The first-order valence-electron chi connectivity index (χ1n) is 9.27. The standard InChI is InChI=1S/C21H24N4O3S/c1-3-25(2)29(27,28)18-11-9-16(10-12-18)19-13-21(24-15-23-19)22-14-20(26)17-7-5-4-6-8-17/h4-13,15,20,26H,3,14H2,1-2H3,(H,22,23,24). The fourth-order valence-electron chi connectivity index (χ4n) is 2.75. The van der Waals surface area contributed by atoms with Crippen LogP contribution in [0, 0.1) is 0 Å². The predicted octanol–water partition coefficient (Wildman–Crippen LogP) is 2.93. The summed E-state index contributed by atoms with van der Waals surface area (Å²) in [5.74, 6) is 0.576. The Balaban J connectivity index is 1.72. The van der Waals surface area contributed by atoms with E-state index in [1.165, 1.54) is 10.6 Å². The van der Waals surface area contributed by atoms with Crippen molar-refractivity contribution in [1.29, 1.82) is 0 Å². The topological polar surface area (TPSA) is 95.4 Å². The second kappa shape index (κ2) is 9.13. The Bertz CT molecular complexity index is 1040. The lowest BCUT2D eigenvalue weighted by molar-refractivity contribution is 0.191. The monoisotopic (exact) mass is 412 g/mol. The molecule has 29 heavy (non-hydrogen) atoms. The minimum atomic E-state index is -3.48. The van der Waals surface area contributed by atoms with Gasteiger partial charge in [0.1, 0.15) is 12.1 Å². The summed E-state index contributed by atoms with van der Waals surface area (Å²) in [7, 11) is -1.93. The number of aliphatic hydroxyl groups excluding tert-OH is 1. The molecule has 0 bridgehead atoms. The van der Waals surface area contributed by atoms with Crippen LogP contribution in [0.15, 0.2) is 71.9 Å². The minimum absolute atomic E-state index is 0.240. The maximum Gasteiger partial charge on any atom is 0.242 e. The van der Waals surface area contributed by atoms with Crippen molar-refractivity contribution >= 4 is 15.8 Å². The molecule has 3 rings (SSSR count). The van der Waals surface area contributed by atoms with Crippen molar-refractivity contribution in [3.8, 4) is 11.3 Å². The van der Waals surface area contributed by atoms with Crippen molar-refractivity contribution in [3.63, 3.8) is 0 Å². The highest BCUT2D eigenvalue weighted by Gasteiger charge is 2.19. The third-order valence-electron chi connectivity index (χ3n) is 4.63. The van der Waals surface area contributed by atoms with Gasteiger partial charge in [0.2, 0.25) is 10.0 Å². The van der Waals surface area contributed by atoms with Crippen LogP contribution in [0.3, 0.4) is 0 Å². The Morgan fingerprint density at radius 3 is 2.41 bits per heavy atom. The largest absolute Gasteiger partial charge is 0.387 e. The minimum Gasteiger partial charge on any atom is -0.387 e. The van der Waals surface area contributed by atoms with E-state index in [1.54, 1.807) is 44.3 Å².